The molecule has 0 saturated carbocycles. The van der Waals surface area contributed by atoms with E-state index in [9.17, 15) is 4.79 Å². The van der Waals surface area contributed by atoms with Gasteiger partial charge in [-0.3, -0.25) is 4.79 Å². The van der Waals surface area contributed by atoms with Crippen LogP contribution in [0.15, 0.2) is 53.4 Å². The first-order chi connectivity index (χ1) is 10.2. The Morgan fingerprint density at radius 2 is 2.05 bits per heavy atom. The predicted octanol–water partition coefficient (Wildman–Crippen LogP) is 4.33. The second-order valence-electron chi connectivity index (χ2n) is 4.27. The molecule has 2 aromatic rings. The molecule has 0 fully saturated rings. The second kappa shape index (κ2) is 7.72. The number of carbonyl (C=O) groups is 1. The van der Waals surface area contributed by atoms with Gasteiger partial charge in [0.15, 0.2) is 0 Å². The van der Waals surface area contributed by atoms with Gasteiger partial charge < -0.3 is 5.32 Å². The lowest BCUT2D eigenvalue weighted by Gasteiger charge is -2.06. The number of rotatable bonds is 5. The molecule has 0 aliphatic carbocycles. The quantitative estimate of drug-likeness (QED) is 0.835. The van der Waals surface area contributed by atoms with Crippen molar-refractivity contribution in [3.05, 3.63) is 59.1 Å². The third kappa shape index (κ3) is 4.82. The number of nitrogens with zero attached hydrogens (tertiary/aromatic N) is 1. The number of anilines is 1. The summed E-state index contributed by atoms with van der Waals surface area (Å²) in [7, 11) is 0. The van der Waals surface area contributed by atoms with Crippen LogP contribution >= 0.6 is 23.4 Å². The molecule has 0 atom stereocenters. The van der Waals surface area contributed by atoms with E-state index in [1.165, 1.54) is 0 Å². The summed E-state index contributed by atoms with van der Waals surface area (Å²) >= 11 is 7.60. The molecule has 0 bridgehead atoms. The Kier molecular flexibility index (Phi) is 5.68. The normalized spacial score (nSPS) is 9.90. The molecule has 0 saturated heterocycles. The maximum absolute atomic E-state index is 11.8. The van der Waals surface area contributed by atoms with E-state index in [4.69, 9.17) is 16.9 Å². The van der Waals surface area contributed by atoms with Gasteiger partial charge in [-0.2, -0.15) is 5.26 Å². The third-order valence-corrected chi connectivity index (χ3v) is 4.22. The van der Waals surface area contributed by atoms with E-state index in [0.29, 0.717) is 28.4 Å². The van der Waals surface area contributed by atoms with Crippen LogP contribution in [0.1, 0.15) is 12.0 Å². The Morgan fingerprint density at radius 1 is 1.24 bits per heavy atom. The molecule has 106 valence electrons. The third-order valence-electron chi connectivity index (χ3n) is 2.70. The molecule has 0 spiro atoms. The van der Waals surface area contributed by atoms with Gasteiger partial charge in [-0.1, -0.05) is 29.8 Å². The fraction of sp³-hybridized carbons (Fsp3) is 0.125. The van der Waals surface area contributed by atoms with Crippen LogP contribution in [0.4, 0.5) is 5.69 Å². The van der Waals surface area contributed by atoms with Crippen molar-refractivity contribution in [2.75, 3.05) is 11.1 Å². The van der Waals surface area contributed by atoms with Gasteiger partial charge in [0, 0.05) is 22.8 Å². The molecule has 2 rings (SSSR count). The highest BCUT2D eigenvalue weighted by Gasteiger charge is 2.05. The van der Waals surface area contributed by atoms with Crippen molar-refractivity contribution < 1.29 is 4.79 Å². The highest BCUT2D eigenvalue weighted by Crippen LogP contribution is 2.27. The molecule has 0 heterocycles. The van der Waals surface area contributed by atoms with Crippen molar-refractivity contribution in [1.29, 1.82) is 5.26 Å². The van der Waals surface area contributed by atoms with E-state index in [1.807, 2.05) is 30.3 Å². The van der Waals surface area contributed by atoms with Crippen LogP contribution in [-0.2, 0) is 4.79 Å². The van der Waals surface area contributed by atoms with Gasteiger partial charge >= 0.3 is 0 Å². The van der Waals surface area contributed by atoms with Gasteiger partial charge in [-0.25, -0.2) is 0 Å². The Labute approximate surface area is 132 Å². The molecule has 5 heteroatoms. The summed E-state index contributed by atoms with van der Waals surface area (Å²) in [6.07, 6.45) is 0.382. The first kappa shape index (κ1) is 15.4. The summed E-state index contributed by atoms with van der Waals surface area (Å²) in [4.78, 5) is 12.8. The number of benzene rings is 2. The van der Waals surface area contributed by atoms with Crippen LogP contribution in [-0.4, -0.2) is 11.7 Å². The van der Waals surface area contributed by atoms with Gasteiger partial charge in [-0.15, -0.1) is 11.8 Å². The maximum Gasteiger partial charge on any atom is 0.225 e. The van der Waals surface area contributed by atoms with Crippen LogP contribution < -0.4 is 5.32 Å². The highest BCUT2D eigenvalue weighted by atomic mass is 35.5. The molecule has 3 nitrogen and oxygen atoms in total. The van der Waals surface area contributed by atoms with E-state index >= 15 is 0 Å². The number of nitriles is 1. The van der Waals surface area contributed by atoms with Crippen LogP contribution in [0.3, 0.4) is 0 Å². The van der Waals surface area contributed by atoms with Crippen molar-refractivity contribution >= 4 is 35.0 Å². The first-order valence-electron chi connectivity index (χ1n) is 6.36. The van der Waals surface area contributed by atoms with E-state index in [0.717, 1.165) is 4.90 Å². The average molecular weight is 317 g/mol. The molecule has 0 aromatic heterocycles. The zero-order valence-corrected chi connectivity index (χ0v) is 12.7. The summed E-state index contributed by atoms with van der Waals surface area (Å²) in [5, 5.41) is 12.3. The van der Waals surface area contributed by atoms with Gasteiger partial charge in [0.05, 0.1) is 16.7 Å². The van der Waals surface area contributed by atoms with Crippen LogP contribution in [0.2, 0.25) is 5.02 Å². The average Bonchev–Trinajstić information content (AvgIpc) is 2.49. The van der Waals surface area contributed by atoms with E-state index in [1.54, 1.807) is 36.0 Å². The monoisotopic (exact) mass is 316 g/mol. The number of hydrogen-bond acceptors (Lipinski definition) is 3. The minimum Gasteiger partial charge on any atom is -0.326 e. The molecule has 21 heavy (non-hydrogen) atoms. The summed E-state index contributed by atoms with van der Waals surface area (Å²) < 4.78 is 0. The van der Waals surface area contributed by atoms with Crippen LogP contribution in [0.5, 0.6) is 0 Å². The summed E-state index contributed by atoms with van der Waals surface area (Å²) in [5.41, 5.74) is 1.17. The highest BCUT2D eigenvalue weighted by molar-refractivity contribution is 7.99. The SMILES string of the molecule is N#Cc1cccc(NC(=O)CCSc2ccccc2Cl)c1. The summed E-state index contributed by atoms with van der Waals surface area (Å²) in [6.45, 7) is 0. The van der Waals surface area contributed by atoms with Gasteiger partial charge in [0.2, 0.25) is 5.91 Å². The molecule has 2 aromatic carbocycles. The fourth-order valence-corrected chi connectivity index (χ4v) is 2.89. The standard InChI is InChI=1S/C16H13ClN2OS/c17-14-6-1-2-7-15(14)21-9-8-16(20)19-13-5-3-4-12(10-13)11-18/h1-7,10H,8-9H2,(H,19,20). The minimum atomic E-state index is -0.0790. The Bertz CT molecular complexity index is 682. The number of halogens is 1. The number of carbonyl (C=O) groups excluding carboxylic acids is 1. The minimum absolute atomic E-state index is 0.0790. The fourth-order valence-electron chi connectivity index (χ4n) is 1.71. The zero-order valence-electron chi connectivity index (χ0n) is 11.2. The van der Waals surface area contributed by atoms with E-state index in [-0.39, 0.29) is 5.91 Å². The molecular formula is C16H13ClN2OS. The summed E-state index contributed by atoms with van der Waals surface area (Å²) in [5.74, 6) is 0.567. The number of thioether (sulfide) groups is 1. The van der Waals surface area contributed by atoms with Crippen molar-refractivity contribution in [2.24, 2.45) is 0 Å². The molecule has 0 unspecified atom stereocenters. The first-order valence-corrected chi connectivity index (χ1v) is 7.73. The molecule has 1 amide bonds. The zero-order chi connectivity index (χ0) is 15.1. The molecule has 0 radical (unpaired) electrons. The van der Waals surface area contributed by atoms with Crippen molar-refractivity contribution in [3.8, 4) is 6.07 Å². The Morgan fingerprint density at radius 3 is 2.81 bits per heavy atom. The largest absolute Gasteiger partial charge is 0.326 e. The molecular weight excluding hydrogens is 304 g/mol. The van der Waals surface area contributed by atoms with E-state index < -0.39 is 0 Å². The lowest BCUT2D eigenvalue weighted by molar-refractivity contribution is -0.115. The van der Waals surface area contributed by atoms with Crippen molar-refractivity contribution in [2.45, 2.75) is 11.3 Å². The topological polar surface area (TPSA) is 52.9 Å². The summed E-state index contributed by atoms with van der Waals surface area (Å²) in [6, 6.07) is 16.5. The lowest BCUT2D eigenvalue weighted by atomic mass is 10.2. The Balaban J connectivity index is 1.83. The van der Waals surface area contributed by atoms with Gasteiger partial charge in [0.1, 0.15) is 0 Å². The number of hydrogen-bond donors (Lipinski definition) is 1. The maximum atomic E-state index is 11.8. The van der Waals surface area contributed by atoms with Gasteiger partial charge in [0.25, 0.3) is 0 Å². The second-order valence-corrected chi connectivity index (χ2v) is 5.81. The Hall–Kier alpha value is -1.96. The number of amides is 1. The van der Waals surface area contributed by atoms with Crippen molar-refractivity contribution in [3.63, 3.8) is 0 Å². The molecule has 1 N–H and O–H groups in total. The van der Waals surface area contributed by atoms with Gasteiger partial charge in [-0.05, 0) is 30.3 Å². The smallest absolute Gasteiger partial charge is 0.225 e. The molecule has 0 aliphatic rings. The van der Waals surface area contributed by atoms with Crippen LogP contribution in [0, 0.1) is 11.3 Å². The predicted molar refractivity (Wildman–Crippen MR) is 86.6 cm³/mol. The molecule has 0 aliphatic heterocycles. The van der Waals surface area contributed by atoms with E-state index in [2.05, 4.69) is 5.32 Å². The number of nitrogens with one attached hydrogen (secondary N) is 1. The lowest BCUT2D eigenvalue weighted by Crippen LogP contribution is -2.12. The van der Waals surface area contributed by atoms with Crippen LogP contribution in [0.25, 0.3) is 0 Å². The van der Waals surface area contributed by atoms with Crippen molar-refractivity contribution in [1.82, 2.24) is 0 Å².